The molecule has 3 aromatic carbocycles. The second kappa shape index (κ2) is 13.7. The zero-order valence-corrected chi connectivity index (χ0v) is 23.2. The van der Waals surface area contributed by atoms with E-state index in [2.05, 4.69) is 5.32 Å². The first kappa shape index (κ1) is 28.0. The van der Waals surface area contributed by atoms with Crippen LogP contribution >= 0.6 is 23.2 Å². The molecule has 1 aliphatic rings. The van der Waals surface area contributed by atoms with Crippen molar-refractivity contribution in [2.75, 3.05) is 7.11 Å². The third-order valence-corrected chi connectivity index (χ3v) is 7.65. The number of carbonyl (C=O) groups is 2. The Morgan fingerprint density at radius 2 is 1.68 bits per heavy atom. The molecule has 1 fully saturated rings. The molecule has 200 valence electrons. The largest absolute Gasteiger partial charge is 0.497 e. The summed E-state index contributed by atoms with van der Waals surface area (Å²) in [4.78, 5) is 29.5. The number of halogens is 2. The van der Waals surface area contributed by atoms with Crippen molar-refractivity contribution < 1.29 is 14.3 Å². The summed E-state index contributed by atoms with van der Waals surface area (Å²) in [5, 5.41) is 4.20. The van der Waals surface area contributed by atoms with Gasteiger partial charge in [0.2, 0.25) is 11.8 Å². The lowest BCUT2D eigenvalue weighted by molar-refractivity contribution is -0.141. The molecule has 0 bridgehead atoms. The molecule has 0 saturated heterocycles. The standard InChI is InChI=1S/C31H34Cl2N2O3/c1-38-27-14-8-11-23(17-27)21-35(30(36)19-24-15-16-25(32)20-28(24)33)29(18-22-9-4-2-5-10-22)31(37)34-26-12-6-3-7-13-26/h2,4-5,8-11,14-17,20,26,29H,3,6-7,12-13,18-19,21H2,1H3,(H,34,37)/t29-/m0/s1. The Bertz CT molecular complexity index is 1230. The average molecular weight is 554 g/mol. The van der Waals surface area contributed by atoms with Crippen LogP contribution in [-0.4, -0.2) is 35.9 Å². The van der Waals surface area contributed by atoms with Crippen LogP contribution in [0.1, 0.15) is 48.8 Å². The highest BCUT2D eigenvalue weighted by Crippen LogP contribution is 2.25. The minimum atomic E-state index is -0.691. The first-order valence-electron chi connectivity index (χ1n) is 13.1. The molecule has 0 radical (unpaired) electrons. The Morgan fingerprint density at radius 3 is 2.39 bits per heavy atom. The third-order valence-electron chi connectivity index (χ3n) is 7.07. The lowest BCUT2D eigenvalue weighted by atomic mass is 9.94. The Morgan fingerprint density at radius 1 is 0.947 bits per heavy atom. The number of nitrogens with zero attached hydrogens (tertiary/aromatic N) is 1. The van der Waals surface area contributed by atoms with E-state index < -0.39 is 6.04 Å². The SMILES string of the molecule is COc1cccc(CN(C(=O)Cc2ccc(Cl)cc2Cl)[C@@H](Cc2ccccc2)C(=O)NC2CCCCC2)c1. The summed E-state index contributed by atoms with van der Waals surface area (Å²) in [5.41, 5.74) is 2.54. The molecule has 0 heterocycles. The second-order valence-corrected chi connectivity index (χ2v) is 10.7. The molecule has 5 nitrogen and oxygen atoms in total. The predicted octanol–water partition coefficient (Wildman–Crippen LogP) is 6.63. The van der Waals surface area contributed by atoms with Crippen molar-refractivity contribution in [2.45, 2.75) is 63.6 Å². The van der Waals surface area contributed by atoms with E-state index in [1.807, 2.05) is 54.6 Å². The molecule has 4 rings (SSSR count). The lowest BCUT2D eigenvalue weighted by Gasteiger charge is -2.33. The monoisotopic (exact) mass is 552 g/mol. The zero-order chi connectivity index (χ0) is 26.9. The van der Waals surface area contributed by atoms with Gasteiger partial charge in [-0.2, -0.15) is 0 Å². The van der Waals surface area contributed by atoms with Gasteiger partial charge in [0, 0.05) is 29.1 Å². The van der Waals surface area contributed by atoms with Gasteiger partial charge < -0.3 is 15.0 Å². The number of hydrogen-bond donors (Lipinski definition) is 1. The maximum Gasteiger partial charge on any atom is 0.243 e. The predicted molar refractivity (Wildman–Crippen MR) is 153 cm³/mol. The van der Waals surface area contributed by atoms with E-state index in [4.69, 9.17) is 27.9 Å². The molecule has 0 unspecified atom stereocenters. The fourth-order valence-corrected chi connectivity index (χ4v) is 5.47. The molecule has 0 spiro atoms. The van der Waals surface area contributed by atoms with E-state index >= 15 is 0 Å². The molecule has 3 aromatic rings. The van der Waals surface area contributed by atoms with Crippen molar-refractivity contribution in [1.29, 1.82) is 0 Å². The number of carbonyl (C=O) groups excluding carboxylic acids is 2. The fourth-order valence-electron chi connectivity index (χ4n) is 5.00. The minimum Gasteiger partial charge on any atom is -0.497 e. The van der Waals surface area contributed by atoms with Crippen LogP contribution in [0, 0.1) is 0 Å². The molecule has 1 saturated carbocycles. The summed E-state index contributed by atoms with van der Waals surface area (Å²) >= 11 is 12.5. The van der Waals surface area contributed by atoms with Gasteiger partial charge in [-0.3, -0.25) is 9.59 Å². The Balaban J connectivity index is 1.68. The summed E-state index contributed by atoms with van der Waals surface area (Å²) in [6.07, 6.45) is 5.81. The van der Waals surface area contributed by atoms with Gasteiger partial charge in [-0.05, 0) is 53.8 Å². The Kier molecular flexibility index (Phi) is 10.1. The highest BCUT2D eigenvalue weighted by Gasteiger charge is 2.32. The number of ether oxygens (including phenoxy) is 1. The van der Waals surface area contributed by atoms with Crippen molar-refractivity contribution in [3.63, 3.8) is 0 Å². The van der Waals surface area contributed by atoms with Gasteiger partial charge in [-0.15, -0.1) is 0 Å². The van der Waals surface area contributed by atoms with Crippen LogP contribution in [0.3, 0.4) is 0 Å². The lowest BCUT2D eigenvalue weighted by Crippen LogP contribution is -2.53. The maximum absolute atomic E-state index is 14.0. The Labute approximate surface area is 235 Å². The van der Waals surface area contributed by atoms with Crippen LogP contribution in [0.25, 0.3) is 0 Å². The molecule has 0 aliphatic heterocycles. The van der Waals surface area contributed by atoms with Gasteiger partial charge in [0.15, 0.2) is 0 Å². The van der Waals surface area contributed by atoms with Gasteiger partial charge in [-0.25, -0.2) is 0 Å². The summed E-state index contributed by atoms with van der Waals surface area (Å²) in [5.74, 6) is 0.387. The van der Waals surface area contributed by atoms with Crippen LogP contribution in [-0.2, 0) is 29.0 Å². The normalized spacial score (nSPS) is 14.5. The highest BCUT2D eigenvalue weighted by atomic mass is 35.5. The summed E-state index contributed by atoms with van der Waals surface area (Å²) < 4.78 is 5.41. The number of rotatable bonds is 10. The van der Waals surface area contributed by atoms with E-state index in [-0.39, 0.29) is 30.8 Å². The Hall–Kier alpha value is -3.02. The molecule has 38 heavy (non-hydrogen) atoms. The van der Waals surface area contributed by atoms with Gasteiger partial charge in [-0.1, -0.05) is 91.0 Å². The molecule has 2 amide bonds. The number of benzene rings is 3. The number of methoxy groups -OCH3 is 1. The summed E-state index contributed by atoms with van der Waals surface area (Å²) in [6.45, 7) is 0.261. The number of nitrogens with one attached hydrogen (secondary N) is 1. The smallest absolute Gasteiger partial charge is 0.243 e. The van der Waals surface area contributed by atoms with Crippen LogP contribution in [0.4, 0.5) is 0 Å². The van der Waals surface area contributed by atoms with E-state index in [9.17, 15) is 9.59 Å². The quantitative estimate of drug-likeness (QED) is 0.307. The van der Waals surface area contributed by atoms with E-state index in [1.165, 1.54) is 6.42 Å². The molecule has 7 heteroatoms. The van der Waals surface area contributed by atoms with E-state index in [1.54, 1.807) is 30.2 Å². The van der Waals surface area contributed by atoms with E-state index in [0.717, 1.165) is 36.8 Å². The highest BCUT2D eigenvalue weighted by molar-refractivity contribution is 6.35. The van der Waals surface area contributed by atoms with Gasteiger partial charge in [0.05, 0.1) is 13.5 Å². The van der Waals surface area contributed by atoms with Gasteiger partial charge in [0.1, 0.15) is 11.8 Å². The van der Waals surface area contributed by atoms with Crippen LogP contribution in [0.5, 0.6) is 5.75 Å². The molecule has 1 N–H and O–H groups in total. The van der Waals surface area contributed by atoms with Crippen molar-refractivity contribution in [3.8, 4) is 5.75 Å². The zero-order valence-electron chi connectivity index (χ0n) is 21.7. The number of amides is 2. The van der Waals surface area contributed by atoms with Crippen molar-refractivity contribution in [3.05, 3.63) is 99.5 Å². The van der Waals surface area contributed by atoms with Crippen LogP contribution < -0.4 is 10.1 Å². The molecular weight excluding hydrogens is 519 g/mol. The van der Waals surface area contributed by atoms with Gasteiger partial charge in [0.25, 0.3) is 0 Å². The van der Waals surface area contributed by atoms with E-state index in [0.29, 0.717) is 27.8 Å². The topological polar surface area (TPSA) is 58.6 Å². The van der Waals surface area contributed by atoms with Crippen LogP contribution in [0.2, 0.25) is 10.0 Å². The van der Waals surface area contributed by atoms with Gasteiger partial charge >= 0.3 is 0 Å². The molecule has 1 atom stereocenters. The van der Waals surface area contributed by atoms with Crippen molar-refractivity contribution >= 4 is 35.0 Å². The van der Waals surface area contributed by atoms with Crippen LogP contribution in [0.15, 0.2) is 72.8 Å². The first-order chi connectivity index (χ1) is 18.4. The first-order valence-corrected chi connectivity index (χ1v) is 13.9. The summed E-state index contributed by atoms with van der Waals surface area (Å²) in [6, 6.07) is 22.0. The van der Waals surface area contributed by atoms with Crippen molar-refractivity contribution in [1.82, 2.24) is 10.2 Å². The minimum absolute atomic E-state index is 0.0575. The third kappa shape index (κ3) is 7.75. The van der Waals surface area contributed by atoms with Crippen molar-refractivity contribution in [2.24, 2.45) is 0 Å². The summed E-state index contributed by atoms with van der Waals surface area (Å²) in [7, 11) is 1.61. The fraction of sp³-hybridized carbons (Fsp3) is 0.355. The number of hydrogen-bond acceptors (Lipinski definition) is 3. The second-order valence-electron chi connectivity index (χ2n) is 9.83. The molecule has 0 aromatic heterocycles. The average Bonchev–Trinajstić information content (AvgIpc) is 2.93. The molecular formula is C31H34Cl2N2O3. The maximum atomic E-state index is 14.0. The molecule has 1 aliphatic carbocycles.